The topological polar surface area (TPSA) is 48.0 Å². The standard InChI is InChI=1S/C28H38FNO4/c1-17(2)28(16-21-14-22(28)26-19-4-3-18(13-19)25(21)26)34-24-15-20(5-6-23(24)29)27(31)33-12-9-30-7-10-32-11-8-30/h5-6,15,17-19,21-22,25-26H,3-4,7-14,16H2,1-2H3. The molecule has 0 aromatic heterocycles. The molecule has 0 N–H and O–H groups in total. The Bertz CT molecular complexity index is 931. The van der Waals surface area contributed by atoms with Gasteiger partial charge in [-0.05, 0) is 85.8 Å². The molecule has 6 rings (SSSR count). The first-order chi connectivity index (χ1) is 16.5. The first-order valence-electron chi connectivity index (χ1n) is 13.4. The number of esters is 1. The second kappa shape index (κ2) is 8.77. The smallest absolute Gasteiger partial charge is 0.338 e. The normalized spacial score (nSPS) is 38.5. The SMILES string of the molecule is CC(C)C1(Oc2cc(C(=O)OCCN3CCOCC3)ccc2F)CC2CC1C1C3CCC(C3)C21. The molecule has 0 amide bonds. The largest absolute Gasteiger partial charge is 0.484 e. The van der Waals surface area contributed by atoms with Gasteiger partial charge in [0.1, 0.15) is 12.2 Å². The number of carbonyl (C=O) groups is 1. The molecule has 5 nitrogen and oxygen atoms in total. The average Bonchev–Trinajstić information content (AvgIpc) is 3.61. The van der Waals surface area contributed by atoms with Crippen LogP contribution in [-0.4, -0.2) is 55.9 Å². The number of benzene rings is 1. The fraction of sp³-hybridized carbons (Fsp3) is 0.750. The number of hydrogen-bond donors (Lipinski definition) is 0. The van der Waals surface area contributed by atoms with Crippen LogP contribution in [0.4, 0.5) is 4.39 Å². The molecule has 1 heterocycles. The maximum atomic E-state index is 15.0. The maximum absolute atomic E-state index is 15.0. The van der Waals surface area contributed by atoms with Gasteiger partial charge in [-0.2, -0.15) is 0 Å². The summed E-state index contributed by atoms with van der Waals surface area (Å²) in [4.78, 5) is 14.9. The second-order valence-corrected chi connectivity index (χ2v) is 11.7. The highest BCUT2D eigenvalue weighted by Gasteiger charge is 2.68. The van der Waals surface area contributed by atoms with Gasteiger partial charge in [0.25, 0.3) is 0 Å². The Morgan fingerprint density at radius 2 is 1.91 bits per heavy atom. The molecule has 186 valence electrons. The summed E-state index contributed by atoms with van der Waals surface area (Å²) in [6, 6.07) is 4.43. The molecule has 1 aromatic rings. The molecule has 4 bridgehead atoms. The number of nitrogens with zero attached hydrogens (tertiary/aromatic N) is 1. The number of morpholine rings is 1. The molecule has 7 unspecified atom stereocenters. The van der Waals surface area contributed by atoms with Crippen LogP contribution in [0.3, 0.4) is 0 Å². The number of rotatable bonds is 7. The highest BCUT2D eigenvalue weighted by molar-refractivity contribution is 5.89. The summed E-state index contributed by atoms with van der Waals surface area (Å²) < 4.78 is 32.5. The summed E-state index contributed by atoms with van der Waals surface area (Å²) in [5.41, 5.74) is 0.0222. The number of ether oxygens (including phenoxy) is 3. The zero-order valence-electron chi connectivity index (χ0n) is 20.5. The molecule has 1 aromatic carbocycles. The van der Waals surface area contributed by atoms with Crippen molar-refractivity contribution < 1.29 is 23.4 Å². The van der Waals surface area contributed by atoms with Crippen LogP contribution in [-0.2, 0) is 9.47 Å². The fourth-order valence-electron chi connectivity index (χ4n) is 8.61. The highest BCUT2D eigenvalue weighted by atomic mass is 19.1. The van der Waals surface area contributed by atoms with Crippen molar-refractivity contribution in [3.63, 3.8) is 0 Å². The number of fused-ring (bicyclic) bond motifs is 9. The van der Waals surface area contributed by atoms with Crippen molar-refractivity contribution in [1.82, 2.24) is 4.90 Å². The van der Waals surface area contributed by atoms with E-state index in [-0.39, 0.29) is 11.4 Å². The molecule has 4 saturated carbocycles. The van der Waals surface area contributed by atoms with Crippen LogP contribution in [0.15, 0.2) is 18.2 Å². The third kappa shape index (κ3) is 3.67. The van der Waals surface area contributed by atoms with Crippen molar-refractivity contribution in [2.24, 2.45) is 41.4 Å². The molecule has 0 spiro atoms. The minimum Gasteiger partial charge on any atom is -0.484 e. The fourth-order valence-corrected chi connectivity index (χ4v) is 8.61. The summed E-state index contributed by atoms with van der Waals surface area (Å²) in [5, 5.41) is 0. The van der Waals surface area contributed by atoms with Crippen molar-refractivity contribution in [3.05, 3.63) is 29.6 Å². The van der Waals surface area contributed by atoms with Gasteiger partial charge in [0, 0.05) is 25.6 Å². The van der Waals surface area contributed by atoms with E-state index >= 15 is 0 Å². The van der Waals surface area contributed by atoms with E-state index < -0.39 is 11.8 Å². The molecule has 1 aliphatic heterocycles. The predicted molar refractivity (Wildman–Crippen MR) is 126 cm³/mol. The van der Waals surface area contributed by atoms with E-state index in [0.717, 1.165) is 56.4 Å². The van der Waals surface area contributed by atoms with Crippen LogP contribution in [0.25, 0.3) is 0 Å². The quantitative estimate of drug-likeness (QED) is 0.423. The van der Waals surface area contributed by atoms with Crippen molar-refractivity contribution in [3.8, 4) is 5.75 Å². The van der Waals surface area contributed by atoms with Crippen molar-refractivity contribution in [2.45, 2.75) is 51.6 Å². The van der Waals surface area contributed by atoms with Crippen molar-refractivity contribution in [2.75, 3.05) is 39.5 Å². The van der Waals surface area contributed by atoms with Gasteiger partial charge in [-0.1, -0.05) is 13.8 Å². The Labute approximate surface area is 202 Å². The lowest BCUT2D eigenvalue weighted by Crippen LogP contribution is -2.52. The predicted octanol–water partition coefficient (Wildman–Crippen LogP) is 4.79. The molecule has 1 saturated heterocycles. The Morgan fingerprint density at radius 3 is 2.68 bits per heavy atom. The molecule has 7 atom stereocenters. The first-order valence-corrected chi connectivity index (χ1v) is 13.4. The van der Waals surface area contributed by atoms with Crippen molar-refractivity contribution in [1.29, 1.82) is 0 Å². The lowest BCUT2D eigenvalue weighted by Gasteiger charge is -2.48. The minimum absolute atomic E-state index is 0.212. The van der Waals surface area contributed by atoms with E-state index in [1.54, 1.807) is 6.07 Å². The summed E-state index contributed by atoms with van der Waals surface area (Å²) in [7, 11) is 0. The van der Waals surface area contributed by atoms with Crippen LogP contribution in [0.2, 0.25) is 0 Å². The van der Waals surface area contributed by atoms with Gasteiger partial charge in [0.15, 0.2) is 11.6 Å². The summed E-state index contributed by atoms with van der Waals surface area (Å²) in [6.07, 6.45) is 6.42. The number of halogens is 1. The van der Waals surface area contributed by atoms with E-state index in [0.29, 0.717) is 36.5 Å². The van der Waals surface area contributed by atoms with Crippen LogP contribution < -0.4 is 4.74 Å². The zero-order chi connectivity index (χ0) is 23.4. The summed E-state index contributed by atoms with van der Waals surface area (Å²) in [6.45, 7) is 8.60. The van der Waals surface area contributed by atoms with E-state index in [4.69, 9.17) is 14.2 Å². The van der Waals surface area contributed by atoms with Gasteiger partial charge in [0.05, 0.1) is 18.8 Å². The van der Waals surface area contributed by atoms with Crippen LogP contribution in [0.5, 0.6) is 5.75 Å². The monoisotopic (exact) mass is 471 g/mol. The van der Waals surface area contributed by atoms with E-state index in [9.17, 15) is 9.18 Å². The molecule has 5 aliphatic rings. The molecule has 4 aliphatic carbocycles. The van der Waals surface area contributed by atoms with Crippen LogP contribution in [0.1, 0.15) is 56.3 Å². The molecule has 0 radical (unpaired) electrons. The van der Waals surface area contributed by atoms with Gasteiger partial charge < -0.3 is 14.2 Å². The number of hydrogen-bond acceptors (Lipinski definition) is 5. The van der Waals surface area contributed by atoms with Crippen LogP contribution >= 0.6 is 0 Å². The lowest BCUT2D eigenvalue weighted by molar-refractivity contribution is -0.0768. The molecule has 5 fully saturated rings. The molecule has 34 heavy (non-hydrogen) atoms. The Kier molecular flexibility index (Phi) is 5.88. The van der Waals surface area contributed by atoms with E-state index in [1.165, 1.54) is 37.8 Å². The second-order valence-electron chi connectivity index (χ2n) is 11.7. The maximum Gasteiger partial charge on any atom is 0.338 e. The Hall–Kier alpha value is -1.66. The van der Waals surface area contributed by atoms with Gasteiger partial charge >= 0.3 is 5.97 Å². The number of carbonyl (C=O) groups excluding carboxylic acids is 1. The van der Waals surface area contributed by atoms with E-state index in [2.05, 4.69) is 18.7 Å². The first kappa shape index (κ1) is 22.8. The van der Waals surface area contributed by atoms with Gasteiger partial charge in [-0.15, -0.1) is 0 Å². The van der Waals surface area contributed by atoms with E-state index in [1.807, 2.05) is 0 Å². The Balaban J connectivity index is 1.16. The third-order valence-electron chi connectivity index (χ3n) is 10.0. The minimum atomic E-state index is -0.419. The van der Waals surface area contributed by atoms with Crippen molar-refractivity contribution >= 4 is 5.97 Å². The average molecular weight is 472 g/mol. The van der Waals surface area contributed by atoms with Gasteiger partial charge in [0.2, 0.25) is 0 Å². The molecular formula is C28H38FNO4. The zero-order valence-corrected chi connectivity index (χ0v) is 20.5. The third-order valence-corrected chi connectivity index (χ3v) is 10.0. The summed E-state index contributed by atoms with van der Waals surface area (Å²) >= 11 is 0. The lowest BCUT2D eigenvalue weighted by atomic mass is 9.63. The summed E-state index contributed by atoms with van der Waals surface area (Å²) in [5.74, 6) is 4.29. The highest BCUT2D eigenvalue weighted by Crippen LogP contribution is 2.71. The van der Waals surface area contributed by atoms with Crippen LogP contribution in [0, 0.1) is 47.2 Å². The van der Waals surface area contributed by atoms with Gasteiger partial charge in [-0.25, -0.2) is 9.18 Å². The van der Waals surface area contributed by atoms with Gasteiger partial charge in [-0.3, -0.25) is 4.90 Å². The molecule has 6 heteroatoms. The Morgan fingerprint density at radius 1 is 1.15 bits per heavy atom. The molecular weight excluding hydrogens is 433 g/mol.